The lowest BCUT2D eigenvalue weighted by atomic mass is 10.2. The smallest absolute Gasteiger partial charge is 0.262 e. The maximum absolute atomic E-state index is 12.3. The number of aromatic nitrogens is 1. The van der Waals surface area contributed by atoms with Gasteiger partial charge >= 0.3 is 0 Å². The number of rotatable bonds is 5. The first kappa shape index (κ1) is 13.9. The zero-order chi connectivity index (χ0) is 13.1. The molecule has 1 aromatic rings. The maximum atomic E-state index is 12.3. The van der Waals surface area contributed by atoms with E-state index < -0.39 is 10.0 Å². The van der Waals surface area contributed by atoms with Gasteiger partial charge in [0.1, 0.15) is 0 Å². The van der Waals surface area contributed by atoms with E-state index in [0.717, 1.165) is 0 Å². The summed E-state index contributed by atoms with van der Waals surface area (Å²) in [7, 11) is -0.265. The minimum absolute atomic E-state index is 0.0747. The molecular weight excluding hydrogens is 238 g/mol. The first-order valence-electron chi connectivity index (χ1n) is 5.48. The summed E-state index contributed by atoms with van der Waals surface area (Å²) in [5.41, 5.74) is 0.517. The fourth-order valence-electron chi connectivity index (χ4n) is 1.55. The molecule has 0 aliphatic rings. The van der Waals surface area contributed by atoms with Crippen LogP contribution in [0.4, 0.5) is 5.69 Å². The van der Waals surface area contributed by atoms with Crippen molar-refractivity contribution in [3.63, 3.8) is 0 Å². The molecule has 0 aromatic carbocycles. The van der Waals surface area contributed by atoms with Crippen molar-refractivity contribution >= 4 is 15.7 Å². The molecule has 0 aliphatic carbocycles. The van der Waals surface area contributed by atoms with Gasteiger partial charge in [-0.25, -0.2) is 13.4 Å². The van der Waals surface area contributed by atoms with Crippen LogP contribution in [-0.4, -0.2) is 38.3 Å². The summed E-state index contributed by atoms with van der Waals surface area (Å²) in [6, 6.07) is 3.40. The van der Waals surface area contributed by atoms with Gasteiger partial charge in [0.05, 0.1) is 5.69 Å². The van der Waals surface area contributed by atoms with E-state index in [0.29, 0.717) is 12.2 Å². The quantitative estimate of drug-likeness (QED) is 0.866. The molecule has 0 fully saturated rings. The van der Waals surface area contributed by atoms with Crippen LogP contribution in [0.25, 0.3) is 0 Å². The topological polar surface area (TPSA) is 62.3 Å². The summed E-state index contributed by atoms with van der Waals surface area (Å²) >= 11 is 0. The van der Waals surface area contributed by atoms with E-state index in [4.69, 9.17) is 0 Å². The Balaban J connectivity index is 3.13. The number of nitrogens with one attached hydrogen (secondary N) is 1. The van der Waals surface area contributed by atoms with Gasteiger partial charge in [0.2, 0.25) is 0 Å². The van der Waals surface area contributed by atoms with Crippen molar-refractivity contribution in [2.45, 2.75) is 18.9 Å². The van der Waals surface area contributed by atoms with Crippen LogP contribution in [0, 0.1) is 5.92 Å². The molecule has 0 spiro atoms. The van der Waals surface area contributed by atoms with Crippen LogP contribution in [0.2, 0.25) is 0 Å². The molecule has 5 nitrogen and oxygen atoms in total. The fourth-order valence-corrected chi connectivity index (χ4v) is 2.98. The molecule has 6 heteroatoms. The zero-order valence-corrected chi connectivity index (χ0v) is 11.5. The molecular formula is C11H19N3O2S. The van der Waals surface area contributed by atoms with E-state index in [9.17, 15) is 8.42 Å². The Morgan fingerprint density at radius 1 is 1.47 bits per heavy atom. The van der Waals surface area contributed by atoms with Crippen LogP contribution in [0.15, 0.2) is 23.4 Å². The molecule has 1 rings (SSSR count). The third kappa shape index (κ3) is 3.17. The average molecular weight is 257 g/mol. The Morgan fingerprint density at radius 3 is 2.65 bits per heavy atom. The second-order valence-electron chi connectivity index (χ2n) is 4.29. The zero-order valence-electron chi connectivity index (χ0n) is 10.6. The standard InChI is InChI=1S/C11H19N3O2S/c1-9(2)8-14(4)17(15,16)11-10(12-3)6-5-7-13-11/h5-7,9,12H,8H2,1-4H3. The van der Waals surface area contributed by atoms with Crippen molar-refractivity contribution in [2.75, 3.05) is 26.0 Å². The summed E-state index contributed by atoms with van der Waals surface area (Å²) in [4.78, 5) is 3.96. The lowest BCUT2D eigenvalue weighted by Gasteiger charge is -2.19. The minimum atomic E-state index is -3.52. The van der Waals surface area contributed by atoms with Crippen molar-refractivity contribution in [3.05, 3.63) is 18.3 Å². The lowest BCUT2D eigenvalue weighted by Crippen LogP contribution is -2.31. The second-order valence-corrected chi connectivity index (χ2v) is 6.25. The summed E-state index contributed by atoms with van der Waals surface area (Å²) in [6.07, 6.45) is 1.48. The molecule has 96 valence electrons. The van der Waals surface area contributed by atoms with Crippen LogP contribution in [0.1, 0.15) is 13.8 Å². The Morgan fingerprint density at radius 2 is 2.12 bits per heavy atom. The van der Waals surface area contributed by atoms with Gasteiger partial charge in [-0.1, -0.05) is 13.8 Å². The predicted molar refractivity (Wildman–Crippen MR) is 68.4 cm³/mol. The van der Waals surface area contributed by atoms with Gasteiger partial charge in [-0.3, -0.25) is 0 Å². The number of anilines is 1. The van der Waals surface area contributed by atoms with Gasteiger partial charge < -0.3 is 5.32 Å². The van der Waals surface area contributed by atoms with E-state index in [-0.39, 0.29) is 10.9 Å². The third-order valence-electron chi connectivity index (χ3n) is 2.32. The Labute approximate surface area is 103 Å². The highest BCUT2D eigenvalue weighted by molar-refractivity contribution is 7.89. The van der Waals surface area contributed by atoms with E-state index in [1.807, 2.05) is 13.8 Å². The van der Waals surface area contributed by atoms with Crippen LogP contribution >= 0.6 is 0 Å². The van der Waals surface area contributed by atoms with Crippen molar-refractivity contribution in [1.29, 1.82) is 0 Å². The molecule has 0 saturated carbocycles. The lowest BCUT2D eigenvalue weighted by molar-refractivity contribution is 0.416. The van der Waals surface area contributed by atoms with Crippen LogP contribution < -0.4 is 5.32 Å². The number of pyridine rings is 1. The number of nitrogens with zero attached hydrogens (tertiary/aromatic N) is 2. The molecule has 1 heterocycles. The molecule has 0 amide bonds. The first-order chi connectivity index (χ1) is 7.89. The van der Waals surface area contributed by atoms with Gasteiger partial charge in [-0.2, -0.15) is 4.31 Å². The second kappa shape index (κ2) is 5.46. The van der Waals surface area contributed by atoms with Gasteiger partial charge in [0.15, 0.2) is 5.03 Å². The van der Waals surface area contributed by atoms with E-state index in [1.54, 1.807) is 26.2 Å². The van der Waals surface area contributed by atoms with Gasteiger partial charge in [-0.15, -0.1) is 0 Å². The van der Waals surface area contributed by atoms with Gasteiger partial charge in [-0.05, 0) is 18.1 Å². The largest absolute Gasteiger partial charge is 0.386 e. The van der Waals surface area contributed by atoms with Gasteiger partial charge in [0, 0.05) is 26.8 Å². The monoisotopic (exact) mass is 257 g/mol. The molecule has 1 aromatic heterocycles. The summed E-state index contributed by atoms with van der Waals surface area (Å²) in [6.45, 7) is 4.43. The van der Waals surface area contributed by atoms with E-state index >= 15 is 0 Å². The SMILES string of the molecule is CNc1cccnc1S(=O)(=O)N(C)CC(C)C. The van der Waals surface area contributed by atoms with Crippen LogP contribution in [0.5, 0.6) is 0 Å². The predicted octanol–water partition coefficient (Wildman–Crippen LogP) is 1.40. The molecule has 0 bridgehead atoms. The van der Waals surface area contributed by atoms with Crippen molar-refractivity contribution in [3.8, 4) is 0 Å². The summed E-state index contributed by atoms with van der Waals surface area (Å²) < 4.78 is 25.9. The van der Waals surface area contributed by atoms with Crippen molar-refractivity contribution in [1.82, 2.24) is 9.29 Å². The van der Waals surface area contributed by atoms with Crippen molar-refractivity contribution < 1.29 is 8.42 Å². The highest BCUT2D eigenvalue weighted by Crippen LogP contribution is 2.21. The third-order valence-corrected chi connectivity index (χ3v) is 4.10. The van der Waals surface area contributed by atoms with Gasteiger partial charge in [0.25, 0.3) is 10.0 Å². The van der Waals surface area contributed by atoms with Crippen LogP contribution in [-0.2, 0) is 10.0 Å². The maximum Gasteiger partial charge on any atom is 0.262 e. The molecule has 0 radical (unpaired) electrons. The minimum Gasteiger partial charge on any atom is -0.386 e. The van der Waals surface area contributed by atoms with Crippen molar-refractivity contribution in [2.24, 2.45) is 5.92 Å². The van der Waals surface area contributed by atoms with E-state index in [2.05, 4.69) is 10.3 Å². The molecule has 0 saturated heterocycles. The fraction of sp³-hybridized carbons (Fsp3) is 0.545. The highest BCUT2D eigenvalue weighted by Gasteiger charge is 2.25. The molecule has 0 atom stereocenters. The Kier molecular flexibility index (Phi) is 4.47. The number of hydrogen-bond donors (Lipinski definition) is 1. The number of sulfonamides is 1. The number of hydrogen-bond acceptors (Lipinski definition) is 4. The molecule has 17 heavy (non-hydrogen) atoms. The Bertz CT molecular complexity index is 471. The normalized spacial score (nSPS) is 12.1. The van der Waals surface area contributed by atoms with E-state index in [1.165, 1.54) is 10.5 Å². The molecule has 1 N–H and O–H groups in total. The summed E-state index contributed by atoms with van der Waals surface area (Å²) in [5.74, 6) is 0.275. The Hall–Kier alpha value is -1.14. The summed E-state index contributed by atoms with van der Waals surface area (Å²) in [5, 5.41) is 2.92. The average Bonchev–Trinajstić information content (AvgIpc) is 2.28. The van der Waals surface area contributed by atoms with Crippen LogP contribution in [0.3, 0.4) is 0 Å². The highest BCUT2D eigenvalue weighted by atomic mass is 32.2. The molecule has 0 unspecified atom stereocenters. The first-order valence-corrected chi connectivity index (χ1v) is 6.92. The molecule has 0 aliphatic heterocycles.